The molecule has 1 aromatic rings. The molecule has 4 heteroatoms. The molecule has 0 bridgehead atoms. The first kappa shape index (κ1) is 14.1. The third-order valence-corrected chi connectivity index (χ3v) is 4.67. The van der Waals surface area contributed by atoms with Gasteiger partial charge in [-0.3, -0.25) is 9.59 Å². The standard InChI is InChI=1S/C17H22N2O2/c1-3-13-15(20)18-14(12-7-5-4-6-8-12)16(21)19(13)11-17(2)9-10-17/h4-8,13-14H,3,9-11H2,1-2H3,(H,18,20). The van der Waals surface area contributed by atoms with E-state index in [1.165, 1.54) is 0 Å². The van der Waals surface area contributed by atoms with Gasteiger partial charge in [-0.2, -0.15) is 0 Å². The van der Waals surface area contributed by atoms with Crippen LogP contribution in [0.1, 0.15) is 44.7 Å². The van der Waals surface area contributed by atoms with Crippen molar-refractivity contribution < 1.29 is 9.59 Å². The molecule has 0 radical (unpaired) electrons. The molecule has 21 heavy (non-hydrogen) atoms. The van der Waals surface area contributed by atoms with Crippen LogP contribution in [0, 0.1) is 5.41 Å². The van der Waals surface area contributed by atoms with Crippen molar-refractivity contribution in [1.29, 1.82) is 0 Å². The fraction of sp³-hybridized carbons (Fsp3) is 0.529. The number of carbonyl (C=O) groups is 2. The molecule has 2 unspecified atom stereocenters. The van der Waals surface area contributed by atoms with E-state index in [4.69, 9.17) is 0 Å². The second-order valence-electron chi connectivity index (χ2n) is 6.55. The minimum atomic E-state index is -0.538. The highest BCUT2D eigenvalue weighted by Gasteiger charge is 2.46. The molecule has 1 N–H and O–H groups in total. The molecule has 0 aromatic heterocycles. The molecule has 1 saturated carbocycles. The van der Waals surface area contributed by atoms with Gasteiger partial charge in [-0.25, -0.2) is 0 Å². The summed E-state index contributed by atoms with van der Waals surface area (Å²) in [6, 6.07) is 8.63. The van der Waals surface area contributed by atoms with Crippen LogP contribution in [0.15, 0.2) is 30.3 Å². The Kier molecular flexibility index (Phi) is 3.47. The van der Waals surface area contributed by atoms with Crippen LogP contribution < -0.4 is 5.32 Å². The van der Waals surface area contributed by atoms with Crippen molar-refractivity contribution in [2.24, 2.45) is 5.41 Å². The highest BCUT2D eigenvalue weighted by atomic mass is 16.2. The Morgan fingerprint density at radius 2 is 1.90 bits per heavy atom. The first-order valence-corrected chi connectivity index (χ1v) is 7.70. The number of hydrogen-bond donors (Lipinski definition) is 1. The van der Waals surface area contributed by atoms with Gasteiger partial charge in [-0.15, -0.1) is 0 Å². The first-order valence-electron chi connectivity index (χ1n) is 7.70. The molecule has 2 atom stereocenters. The number of amides is 2. The third kappa shape index (κ3) is 2.67. The van der Waals surface area contributed by atoms with E-state index in [0.29, 0.717) is 13.0 Å². The Morgan fingerprint density at radius 1 is 1.24 bits per heavy atom. The number of nitrogens with one attached hydrogen (secondary N) is 1. The van der Waals surface area contributed by atoms with E-state index in [0.717, 1.165) is 18.4 Å². The van der Waals surface area contributed by atoms with Gasteiger partial charge in [-0.1, -0.05) is 44.2 Å². The number of carbonyl (C=O) groups excluding carboxylic acids is 2. The molecule has 2 amide bonds. The van der Waals surface area contributed by atoms with Gasteiger partial charge in [0, 0.05) is 6.54 Å². The van der Waals surface area contributed by atoms with Crippen LogP contribution in [0.4, 0.5) is 0 Å². The zero-order valence-electron chi connectivity index (χ0n) is 12.6. The predicted octanol–water partition coefficient (Wildman–Crippen LogP) is 2.26. The summed E-state index contributed by atoms with van der Waals surface area (Å²) in [5, 5.41) is 2.89. The molecule has 1 aliphatic carbocycles. The van der Waals surface area contributed by atoms with E-state index in [1.54, 1.807) is 0 Å². The van der Waals surface area contributed by atoms with Crippen LogP contribution in [-0.2, 0) is 9.59 Å². The summed E-state index contributed by atoms with van der Waals surface area (Å²) in [5.74, 6) is -0.00372. The van der Waals surface area contributed by atoms with Gasteiger partial charge in [0.2, 0.25) is 5.91 Å². The predicted molar refractivity (Wildman–Crippen MR) is 80.5 cm³/mol. The lowest BCUT2D eigenvalue weighted by Crippen LogP contribution is -2.60. The van der Waals surface area contributed by atoms with Crippen molar-refractivity contribution in [3.8, 4) is 0 Å². The van der Waals surface area contributed by atoms with Gasteiger partial charge in [0.15, 0.2) is 0 Å². The molecular formula is C17H22N2O2. The summed E-state index contributed by atoms with van der Waals surface area (Å²) in [4.78, 5) is 27.0. The first-order chi connectivity index (χ1) is 10.0. The fourth-order valence-corrected chi connectivity index (χ4v) is 3.01. The van der Waals surface area contributed by atoms with Gasteiger partial charge in [0.1, 0.15) is 12.1 Å². The molecule has 1 aromatic carbocycles. The topological polar surface area (TPSA) is 49.4 Å². The van der Waals surface area contributed by atoms with Crippen molar-refractivity contribution in [2.75, 3.05) is 6.54 Å². The highest BCUT2D eigenvalue weighted by molar-refractivity contribution is 5.97. The fourth-order valence-electron chi connectivity index (χ4n) is 3.01. The van der Waals surface area contributed by atoms with E-state index in [2.05, 4.69) is 12.2 Å². The van der Waals surface area contributed by atoms with Gasteiger partial charge in [-0.05, 0) is 30.2 Å². The minimum Gasteiger partial charge on any atom is -0.339 e. The molecule has 1 heterocycles. The second-order valence-corrected chi connectivity index (χ2v) is 6.55. The summed E-state index contributed by atoms with van der Waals surface area (Å²) in [7, 11) is 0. The van der Waals surface area contributed by atoms with Gasteiger partial charge in [0.05, 0.1) is 0 Å². The van der Waals surface area contributed by atoms with E-state index < -0.39 is 6.04 Å². The van der Waals surface area contributed by atoms with Gasteiger partial charge >= 0.3 is 0 Å². The third-order valence-electron chi connectivity index (χ3n) is 4.67. The summed E-state index contributed by atoms with van der Waals surface area (Å²) in [6.45, 7) is 4.85. The molecule has 3 rings (SSSR count). The zero-order chi connectivity index (χ0) is 15.0. The smallest absolute Gasteiger partial charge is 0.250 e. The largest absolute Gasteiger partial charge is 0.339 e. The molecule has 2 fully saturated rings. The van der Waals surface area contributed by atoms with Crippen LogP contribution in [0.2, 0.25) is 0 Å². The summed E-state index contributed by atoms with van der Waals surface area (Å²) in [6.07, 6.45) is 2.95. The van der Waals surface area contributed by atoms with Crippen LogP contribution in [0.5, 0.6) is 0 Å². The average Bonchev–Trinajstić information content (AvgIpc) is 3.21. The number of benzene rings is 1. The maximum absolute atomic E-state index is 12.9. The van der Waals surface area contributed by atoms with E-state index in [9.17, 15) is 9.59 Å². The van der Waals surface area contributed by atoms with E-state index in [1.807, 2.05) is 42.2 Å². The Balaban J connectivity index is 1.88. The van der Waals surface area contributed by atoms with Crippen LogP contribution in [-0.4, -0.2) is 29.3 Å². The molecule has 112 valence electrons. The molecule has 4 nitrogen and oxygen atoms in total. The summed E-state index contributed by atoms with van der Waals surface area (Å²) in [5.41, 5.74) is 1.07. The van der Waals surface area contributed by atoms with Crippen molar-refractivity contribution in [1.82, 2.24) is 10.2 Å². The number of nitrogens with zero attached hydrogens (tertiary/aromatic N) is 1. The van der Waals surface area contributed by atoms with E-state index in [-0.39, 0.29) is 23.3 Å². The lowest BCUT2D eigenvalue weighted by atomic mass is 9.97. The normalized spacial score (nSPS) is 27.4. The van der Waals surface area contributed by atoms with Gasteiger partial charge < -0.3 is 10.2 Å². The zero-order valence-corrected chi connectivity index (χ0v) is 12.6. The SMILES string of the molecule is CCC1C(=O)NC(c2ccccc2)C(=O)N1CC1(C)CC1. The summed E-state index contributed by atoms with van der Waals surface area (Å²) < 4.78 is 0. The molecule has 1 aliphatic heterocycles. The van der Waals surface area contributed by atoms with Crippen molar-refractivity contribution in [3.63, 3.8) is 0 Å². The lowest BCUT2D eigenvalue weighted by Gasteiger charge is -2.40. The average molecular weight is 286 g/mol. The monoisotopic (exact) mass is 286 g/mol. The van der Waals surface area contributed by atoms with Gasteiger partial charge in [0.25, 0.3) is 5.91 Å². The summed E-state index contributed by atoms with van der Waals surface area (Å²) >= 11 is 0. The molecular weight excluding hydrogens is 264 g/mol. The minimum absolute atomic E-state index is 0.0285. The number of rotatable bonds is 4. The Labute approximate surface area is 125 Å². The van der Waals surface area contributed by atoms with E-state index >= 15 is 0 Å². The Hall–Kier alpha value is -1.84. The lowest BCUT2D eigenvalue weighted by molar-refractivity contribution is -0.150. The highest BCUT2D eigenvalue weighted by Crippen LogP contribution is 2.46. The Bertz CT molecular complexity index is 551. The maximum Gasteiger partial charge on any atom is 0.250 e. The second kappa shape index (κ2) is 5.17. The quantitative estimate of drug-likeness (QED) is 0.923. The Morgan fingerprint density at radius 3 is 2.48 bits per heavy atom. The maximum atomic E-state index is 12.9. The van der Waals surface area contributed by atoms with Crippen LogP contribution >= 0.6 is 0 Å². The van der Waals surface area contributed by atoms with Crippen molar-refractivity contribution in [3.05, 3.63) is 35.9 Å². The number of hydrogen-bond acceptors (Lipinski definition) is 2. The van der Waals surface area contributed by atoms with Crippen molar-refractivity contribution >= 4 is 11.8 Å². The van der Waals surface area contributed by atoms with Crippen LogP contribution in [0.3, 0.4) is 0 Å². The van der Waals surface area contributed by atoms with Crippen molar-refractivity contribution in [2.45, 2.75) is 45.2 Å². The van der Waals surface area contributed by atoms with Crippen LogP contribution in [0.25, 0.3) is 0 Å². The molecule has 1 saturated heterocycles. The molecule has 2 aliphatic rings. The number of piperazine rings is 1. The molecule has 0 spiro atoms.